The fourth-order valence-corrected chi connectivity index (χ4v) is 1.00. The highest BCUT2D eigenvalue weighted by molar-refractivity contribution is 4.89. The summed E-state index contributed by atoms with van der Waals surface area (Å²) in [5.74, 6) is 0.0491. The van der Waals surface area contributed by atoms with E-state index in [1.165, 1.54) is 0 Å². The molecule has 0 spiro atoms. The Hall–Kier alpha value is -0.600. The molecular weight excluding hydrogens is 140 g/mol. The molecule has 1 atom stereocenters. The lowest BCUT2D eigenvalue weighted by Gasteiger charge is -2.18. The van der Waals surface area contributed by atoms with Gasteiger partial charge in [-0.05, 0) is 12.3 Å². The van der Waals surface area contributed by atoms with Crippen LogP contribution in [0.25, 0.3) is 0 Å². The molecule has 0 aromatic heterocycles. The first-order chi connectivity index (χ1) is 5.29. The molecule has 0 aliphatic heterocycles. The molecule has 2 nitrogen and oxygen atoms in total. The molecule has 64 valence electrons. The lowest BCUT2D eigenvalue weighted by Crippen LogP contribution is -2.20. The SMILES string of the molecule is C=CCC(C=C)C(CO)CO. The smallest absolute Gasteiger partial charge is 0.0486 e. The van der Waals surface area contributed by atoms with Gasteiger partial charge < -0.3 is 10.2 Å². The zero-order chi connectivity index (χ0) is 8.69. The summed E-state index contributed by atoms with van der Waals surface area (Å²) in [4.78, 5) is 0. The van der Waals surface area contributed by atoms with E-state index in [-0.39, 0.29) is 25.0 Å². The van der Waals surface area contributed by atoms with Crippen LogP contribution in [0.4, 0.5) is 0 Å². The third-order valence-electron chi connectivity index (χ3n) is 1.82. The summed E-state index contributed by atoms with van der Waals surface area (Å²) in [5.41, 5.74) is 0. The molecule has 2 N–H and O–H groups in total. The van der Waals surface area contributed by atoms with E-state index in [0.717, 1.165) is 6.42 Å². The molecule has 0 heterocycles. The van der Waals surface area contributed by atoms with Crippen molar-refractivity contribution in [2.45, 2.75) is 6.42 Å². The lowest BCUT2D eigenvalue weighted by molar-refractivity contribution is 0.122. The van der Waals surface area contributed by atoms with E-state index >= 15 is 0 Å². The fourth-order valence-electron chi connectivity index (χ4n) is 1.00. The zero-order valence-electron chi connectivity index (χ0n) is 6.74. The van der Waals surface area contributed by atoms with Gasteiger partial charge in [-0.15, -0.1) is 13.2 Å². The van der Waals surface area contributed by atoms with E-state index in [0.29, 0.717) is 0 Å². The molecule has 0 saturated heterocycles. The molecule has 0 amide bonds. The Morgan fingerprint density at radius 3 is 2.00 bits per heavy atom. The Balaban J connectivity index is 3.96. The first kappa shape index (κ1) is 10.4. The van der Waals surface area contributed by atoms with Crippen LogP contribution in [0.5, 0.6) is 0 Å². The van der Waals surface area contributed by atoms with Crippen molar-refractivity contribution < 1.29 is 10.2 Å². The monoisotopic (exact) mass is 156 g/mol. The van der Waals surface area contributed by atoms with Gasteiger partial charge in [-0.3, -0.25) is 0 Å². The van der Waals surface area contributed by atoms with E-state index in [2.05, 4.69) is 13.2 Å². The maximum atomic E-state index is 8.81. The highest BCUT2D eigenvalue weighted by atomic mass is 16.3. The summed E-state index contributed by atoms with van der Waals surface area (Å²) in [6.07, 6.45) is 4.28. The van der Waals surface area contributed by atoms with Crippen LogP contribution >= 0.6 is 0 Å². The van der Waals surface area contributed by atoms with Crippen LogP contribution in [-0.4, -0.2) is 23.4 Å². The molecule has 0 rings (SSSR count). The van der Waals surface area contributed by atoms with Gasteiger partial charge in [0, 0.05) is 19.1 Å². The van der Waals surface area contributed by atoms with Gasteiger partial charge in [-0.2, -0.15) is 0 Å². The first-order valence-corrected chi connectivity index (χ1v) is 3.75. The number of hydrogen-bond acceptors (Lipinski definition) is 2. The van der Waals surface area contributed by atoms with Crippen LogP contribution in [-0.2, 0) is 0 Å². The van der Waals surface area contributed by atoms with E-state index in [1.807, 2.05) is 0 Å². The number of rotatable bonds is 6. The molecular formula is C9H16O2. The third kappa shape index (κ3) is 3.35. The van der Waals surface area contributed by atoms with E-state index in [9.17, 15) is 0 Å². The Morgan fingerprint density at radius 1 is 1.18 bits per heavy atom. The lowest BCUT2D eigenvalue weighted by atomic mass is 9.91. The van der Waals surface area contributed by atoms with Crippen molar-refractivity contribution in [2.75, 3.05) is 13.2 Å². The quantitative estimate of drug-likeness (QED) is 0.562. The molecule has 0 saturated carbocycles. The molecule has 0 aliphatic carbocycles. The van der Waals surface area contributed by atoms with Gasteiger partial charge in [-0.25, -0.2) is 0 Å². The van der Waals surface area contributed by atoms with Crippen LogP contribution < -0.4 is 0 Å². The van der Waals surface area contributed by atoms with E-state index in [4.69, 9.17) is 10.2 Å². The second kappa shape index (κ2) is 6.13. The number of allylic oxidation sites excluding steroid dienone is 2. The van der Waals surface area contributed by atoms with Crippen LogP contribution in [0.2, 0.25) is 0 Å². The van der Waals surface area contributed by atoms with Gasteiger partial charge in [0.15, 0.2) is 0 Å². The molecule has 0 aromatic rings. The summed E-state index contributed by atoms with van der Waals surface area (Å²) in [6.45, 7) is 7.22. The first-order valence-electron chi connectivity index (χ1n) is 3.75. The van der Waals surface area contributed by atoms with Crippen molar-refractivity contribution in [3.63, 3.8) is 0 Å². The maximum absolute atomic E-state index is 8.81. The second-order valence-corrected chi connectivity index (χ2v) is 2.55. The minimum Gasteiger partial charge on any atom is -0.396 e. The number of aliphatic hydroxyl groups is 2. The Morgan fingerprint density at radius 2 is 1.73 bits per heavy atom. The summed E-state index contributed by atoms with van der Waals surface area (Å²) in [5, 5.41) is 17.6. The molecule has 0 fully saturated rings. The van der Waals surface area contributed by atoms with Crippen LogP contribution in [0.15, 0.2) is 25.3 Å². The van der Waals surface area contributed by atoms with Crippen molar-refractivity contribution >= 4 is 0 Å². The molecule has 0 bridgehead atoms. The average molecular weight is 156 g/mol. The minimum atomic E-state index is -0.0921. The molecule has 2 heteroatoms. The maximum Gasteiger partial charge on any atom is 0.0486 e. The van der Waals surface area contributed by atoms with Crippen molar-refractivity contribution in [1.82, 2.24) is 0 Å². The molecule has 0 aromatic carbocycles. The number of hydrogen-bond donors (Lipinski definition) is 2. The summed E-state index contributed by atoms with van der Waals surface area (Å²) in [7, 11) is 0. The minimum absolute atomic E-state index is 0.00102. The predicted molar refractivity (Wildman–Crippen MR) is 46.2 cm³/mol. The normalized spacial score (nSPS) is 13.0. The van der Waals surface area contributed by atoms with Crippen LogP contribution in [0.1, 0.15) is 6.42 Å². The average Bonchev–Trinajstić information content (AvgIpc) is 2.05. The van der Waals surface area contributed by atoms with Gasteiger partial charge in [0.2, 0.25) is 0 Å². The standard InChI is InChI=1S/C9H16O2/c1-3-5-8(4-2)9(6-10)7-11/h3-4,8-11H,1-2,5-7H2. The molecule has 1 unspecified atom stereocenters. The fraction of sp³-hybridized carbons (Fsp3) is 0.556. The molecule has 0 radical (unpaired) electrons. The Labute approximate surface area is 67.9 Å². The van der Waals surface area contributed by atoms with Gasteiger partial charge in [0.05, 0.1) is 0 Å². The second-order valence-electron chi connectivity index (χ2n) is 2.55. The molecule has 11 heavy (non-hydrogen) atoms. The Bertz CT molecular complexity index is 117. The highest BCUT2D eigenvalue weighted by Gasteiger charge is 2.14. The van der Waals surface area contributed by atoms with Crippen LogP contribution in [0, 0.1) is 11.8 Å². The van der Waals surface area contributed by atoms with Gasteiger partial charge in [0.25, 0.3) is 0 Å². The highest BCUT2D eigenvalue weighted by Crippen LogP contribution is 2.16. The zero-order valence-corrected chi connectivity index (χ0v) is 6.74. The topological polar surface area (TPSA) is 40.5 Å². The summed E-state index contributed by atoms with van der Waals surface area (Å²) >= 11 is 0. The van der Waals surface area contributed by atoms with Crippen molar-refractivity contribution in [3.05, 3.63) is 25.3 Å². The van der Waals surface area contributed by atoms with Crippen molar-refractivity contribution in [3.8, 4) is 0 Å². The number of aliphatic hydroxyl groups excluding tert-OH is 2. The van der Waals surface area contributed by atoms with Crippen LogP contribution in [0.3, 0.4) is 0 Å². The Kier molecular flexibility index (Phi) is 5.80. The molecule has 0 aliphatic rings. The predicted octanol–water partition coefficient (Wildman–Crippen LogP) is 0.965. The van der Waals surface area contributed by atoms with Crippen molar-refractivity contribution in [2.24, 2.45) is 11.8 Å². The van der Waals surface area contributed by atoms with Gasteiger partial charge in [0.1, 0.15) is 0 Å². The van der Waals surface area contributed by atoms with Crippen molar-refractivity contribution in [1.29, 1.82) is 0 Å². The van der Waals surface area contributed by atoms with E-state index < -0.39 is 0 Å². The third-order valence-corrected chi connectivity index (χ3v) is 1.82. The summed E-state index contributed by atoms with van der Waals surface area (Å²) in [6, 6.07) is 0. The van der Waals surface area contributed by atoms with E-state index in [1.54, 1.807) is 12.2 Å². The summed E-state index contributed by atoms with van der Waals surface area (Å²) < 4.78 is 0. The van der Waals surface area contributed by atoms with Gasteiger partial charge >= 0.3 is 0 Å². The largest absolute Gasteiger partial charge is 0.396 e. The van der Waals surface area contributed by atoms with Gasteiger partial charge in [-0.1, -0.05) is 12.2 Å².